The van der Waals surface area contributed by atoms with Gasteiger partial charge in [0.25, 0.3) is 5.91 Å². The summed E-state index contributed by atoms with van der Waals surface area (Å²) < 4.78 is 89.9. The Morgan fingerprint density at radius 3 is 2.19 bits per heavy atom. The highest BCUT2D eigenvalue weighted by atomic mass is 19.4. The molecule has 0 spiro atoms. The first-order valence-corrected chi connectivity index (χ1v) is 7.39. The maximum absolute atomic E-state index is 13.4. The van der Waals surface area contributed by atoms with Gasteiger partial charge in [0.2, 0.25) is 0 Å². The van der Waals surface area contributed by atoms with Crippen molar-refractivity contribution in [3.8, 4) is 0 Å². The molecule has 0 saturated carbocycles. The van der Waals surface area contributed by atoms with Crippen LogP contribution in [-0.2, 0) is 6.18 Å². The molecule has 0 aliphatic rings. The van der Waals surface area contributed by atoms with E-state index in [0.717, 1.165) is 36.4 Å². The van der Waals surface area contributed by atoms with Gasteiger partial charge in [-0.15, -0.1) is 0 Å². The Bertz CT molecular complexity index is 817. The number of nitrogens with zero attached hydrogens (tertiary/aromatic N) is 1. The summed E-state index contributed by atoms with van der Waals surface area (Å²) in [6.07, 6.45) is -12.8. The predicted octanol–water partition coefficient (Wildman–Crippen LogP) is 4.41. The zero-order chi connectivity index (χ0) is 20.4. The van der Waals surface area contributed by atoms with Gasteiger partial charge < -0.3 is 10.0 Å². The number of carbonyl (C=O) groups excluding carboxylic acids is 1. The number of aliphatic hydroxyl groups is 1. The van der Waals surface area contributed by atoms with Crippen LogP contribution >= 0.6 is 0 Å². The monoisotopic (exact) mass is 395 g/mol. The van der Waals surface area contributed by atoms with Crippen molar-refractivity contribution in [1.82, 2.24) is 0 Å². The fourth-order valence-electron chi connectivity index (χ4n) is 2.21. The number of anilines is 1. The summed E-state index contributed by atoms with van der Waals surface area (Å²) in [6, 6.07) is 6.95. The Morgan fingerprint density at radius 2 is 1.63 bits per heavy atom. The molecule has 27 heavy (non-hydrogen) atoms. The van der Waals surface area contributed by atoms with Crippen molar-refractivity contribution in [3.63, 3.8) is 0 Å². The highest BCUT2D eigenvalue weighted by Gasteiger charge is 2.40. The molecule has 0 aliphatic heterocycles. The second kappa shape index (κ2) is 7.55. The molecule has 0 heterocycles. The average Bonchev–Trinajstić information content (AvgIpc) is 2.57. The summed E-state index contributed by atoms with van der Waals surface area (Å²) in [5.74, 6) is -2.13. The van der Waals surface area contributed by atoms with E-state index in [4.69, 9.17) is 0 Å². The second-order valence-corrected chi connectivity index (χ2v) is 5.53. The summed E-state index contributed by atoms with van der Waals surface area (Å²) in [7, 11) is 0. The van der Waals surface area contributed by atoms with Gasteiger partial charge in [-0.25, -0.2) is 4.39 Å². The molecule has 146 valence electrons. The number of amides is 1. The van der Waals surface area contributed by atoms with Crippen molar-refractivity contribution in [3.05, 3.63) is 65.5 Å². The van der Waals surface area contributed by atoms with E-state index >= 15 is 0 Å². The second-order valence-electron chi connectivity index (χ2n) is 5.53. The molecule has 1 amide bonds. The Labute approximate surface area is 148 Å². The molecule has 0 fully saturated rings. The van der Waals surface area contributed by atoms with Gasteiger partial charge >= 0.3 is 12.4 Å². The standard InChI is InChI=1S/C17H12F7NO2/c18-12-5-2-6-13(8-12)25(9-14(26)17(22,23)24)15(27)10-3-1-4-11(7-10)16(19,20)21/h1-8,14,26H,9H2. The van der Waals surface area contributed by atoms with Gasteiger partial charge in [0.15, 0.2) is 6.10 Å². The first-order chi connectivity index (χ1) is 12.4. The van der Waals surface area contributed by atoms with Crippen LogP contribution in [0.4, 0.5) is 36.4 Å². The maximum Gasteiger partial charge on any atom is 0.416 e. The van der Waals surface area contributed by atoms with E-state index in [1.807, 2.05) is 0 Å². The lowest BCUT2D eigenvalue weighted by molar-refractivity contribution is -0.199. The van der Waals surface area contributed by atoms with E-state index in [1.54, 1.807) is 0 Å². The Kier molecular flexibility index (Phi) is 5.79. The number of benzene rings is 2. The van der Waals surface area contributed by atoms with Crippen LogP contribution in [0.15, 0.2) is 48.5 Å². The van der Waals surface area contributed by atoms with E-state index in [0.29, 0.717) is 17.0 Å². The third kappa shape index (κ3) is 5.19. The van der Waals surface area contributed by atoms with Crippen molar-refractivity contribution < 1.29 is 40.6 Å². The number of halogens is 7. The minimum absolute atomic E-state index is 0.347. The van der Waals surface area contributed by atoms with Gasteiger partial charge in [-0.2, -0.15) is 26.3 Å². The van der Waals surface area contributed by atoms with Crippen LogP contribution in [0.1, 0.15) is 15.9 Å². The molecule has 2 aromatic carbocycles. The number of alkyl halides is 6. The Hall–Kier alpha value is -2.62. The van der Waals surface area contributed by atoms with Crippen molar-refractivity contribution in [2.75, 3.05) is 11.4 Å². The van der Waals surface area contributed by atoms with Crippen LogP contribution in [0.25, 0.3) is 0 Å². The molecule has 1 N–H and O–H groups in total. The van der Waals surface area contributed by atoms with Crippen LogP contribution in [0, 0.1) is 5.82 Å². The fourth-order valence-corrected chi connectivity index (χ4v) is 2.21. The molecule has 10 heteroatoms. The first-order valence-electron chi connectivity index (χ1n) is 7.39. The summed E-state index contributed by atoms with van der Waals surface area (Å²) >= 11 is 0. The van der Waals surface area contributed by atoms with Crippen molar-refractivity contribution in [2.24, 2.45) is 0 Å². The van der Waals surface area contributed by atoms with Gasteiger partial charge in [-0.1, -0.05) is 12.1 Å². The smallest absolute Gasteiger partial charge is 0.382 e. The number of carbonyl (C=O) groups is 1. The van der Waals surface area contributed by atoms with Gasteiger partial charge in [0, 0.05) is 11.3 Å². The SMILES string of the molecule is O=C(c1cccc(C(F)(F)F)c1)N(CC(O)C(F)(F)F)c1cccc(F)c1. The lowest BCUT2D eigenvalue weighted by Crippen LogP contribution is -2.44. The normalized spacial score (nSPS) is 13.3. The van der Waals surface area contributed by atoms with Crippen LogP contribution in [0.5, 0.6) is 0 Å². The Morgan fingerprint density at radius 1 is 1.00 bits per heavy atom. The van der Waals surface area contributed by atoms with Gasteiger partial charge in [0.05, 0.1) is 12.1 Å². The quantitative estimate of drug-likeness (QED) is 0.779. The molecule has 1 atom stereocenters. The maximum atomic E-state index is 13.4. The fraction of sp³-hybridized carbons (Fsp3) is 0.235. The molecular weight excluding hydrogens is 383 g/mol. The number of hydrogen-bond acceptors (Lipinski definition) is 2. The largest absolute Gasteiger partial charge is 0.416 e. The molecule has 1 unspecified atom stereocenters. The van der Waals surface area contributed by atoms with Crippen LogP contribution in [0.3, 0.4) is 0 Å². The first kappa shape index (κ1) is 20.7. The minimum atomic E-state index is -5.08. The summed E-state index contributed by atoms with van der Waals surface area (Å²) in [5.41, 5.74) is -2.09. The Balaban J connectivity index is 2.45. The van der Waals surface area contributed by atoms with Crippen molar-refractivity contribution in [1.29, 1.82) is 0 Å². The average molecular weight is 395 g/mol. The lowest BCUT2D eigenvalue weighted by Gasteiger charge is -2.27. The molecule has 0 aromatic heterocycles. The third-order valence-corrected chi connectivity index (χ3v) is 3.54. The molecule has 2 rings (SSSR count). The van der Waals surface area contributed by atoms with E-state index in [-0.39, 0.29) is 5.69 Å². The number of rotatable bonds is 4. The summed E-state index contributed by atoms with van der Waals surface area (Å²) in [6.45, 7) is -1.32. The number of hydrogen-bond donors (Lipinski definition) is 1. The molecule has 0 radical (unpaired) electrons. The van der Waals surface area contributed by atoms with Crippen LogP contribution < -0.4 is 4.90 Å². The van der Waals surface area contributed by atoms with Crippen LogP contribution in [-0.4, -0.2) is 29.8 Å². The topological polar surface area (TPSA) is 40.5 Å². The third-order valence-electron chi connectivity index (χ3n) is 3.54. The summed E-state index contributed by atoms with van der Waals surface area (Å²) in [5, 5.41) is 9.27. The molecule has 2 aromatic rings. The summed E-state index contributed by atoms with van der Waals surface area (Å²) in [4.78, 5) is 12.9. The zero-order valence-electron chi connectivity index (χ0n) is 13.4. The van der Waals surface area contributed by atoms with E-state index < -0.39 is 47.9 Å². The van der Waals surface area contributed by atoms with E-state index in [2.05, 4.69) is 0 Å². The predicted molar refractivity (Wildman–Crippen MR) is 81.6 cm³/mol. The van der Waals surface area contributed by atoms with Gasteiger partial charge in [0.1, 0.15) is 5.82 Å². The van der Waals surface area contributed by atoms with Crippen LogP contribution in [0.2, 0.25) is 0 Å². The highest BCUT2D eigenvalue weighted by molar-refractivity contribution is 6.06. The zero-order valence-corrected chi connectivity index (χ0v) is 13.4. The lowest BCUT2D eigenvalue weighted by atomic mass is 10.1. The number of aliphatic hydroxyl groups excluding tert-OH is 1. The van der Waals surface area contributed by atoms with Gasteiger partial charge in [-0.3, -0.25) is 4.79 Å². The van der Waals surface area contributed by atoms with E-state index in [1.165, 1.54) is 0 Å². The van der Waals surface area contributed by atoms with Crippen molar-refractivity contribution >= 4 is 11.6 Å². The van der Waals surface area contributed by atoms with Gasteiger partial charge in [-0.05, 0) is 36.4 Å². The van der Waals surface area contributed by atoms with E-state index in [9.17, 15) is 40.6 Å². The van der Waals surface area contributed by atoms with Crippen molar-refractivity contribution in [2.45, 2.75) is 18.5 Å². The molecular formula is C17H12F7NO2. The molecule has 3 nitrogen and oxygen atoms in total. The highest BCUT2D eigenvalue weighted by Crippen LogP contribution is 2.31. The molecule has 0 saturated heterocycles. The molecule has 0 bridgehead atoms. The molecule has 0 aliphatic carbocycles. The minimum Gasteiger partial charge on any atom is -0.382 e.